The lowest BCUT2D eigenvalue weighted by molar-refractivity contribution is -0.128. The van der Waals surface area contributed by atoms with Crippen molar-refractivity contribution in [2.45, 2.75) is 25.6 Å². The van der Waals surface area contributed by atoms with Crippen LogP contribution in [0.5, 0.6) is 0 Å². The SMILES string of the molecule is C[C@H](NC(=O)Cc1cc(F)c(F)c(F)c1)C(=O)N[C@@H]1CN(C)c2ccccc2C(c2ccccc2)=N1. The number of carbonyl (C=O) groups excluding carboxylic acids is 2. The molecule has 0 saturated carbocycles. The Morgan fingerprint density at radius 2 is 1.67 bits per heavy atom. The molecule has 0 spiro atoms. The van der Waals surface area contributed by atoms with Crippen molar-refractivity contribution < 1.29 is 22.8 Å². The van der Waals surface area contributed by atoms with Crippen LogP contribution in [0.15, 0.2) is 71.7 Å². The van der Waals surface area contributed by atoms with Gasteiger partial charge in [-0.2, -0.15) is 0 Å². The van der Waals surface area contributed by atoms with Crippen LogP contribution >= 0.6 is 0 Å². The summed E-state index contributed by atoms with van der Waals surface area (Å²) in [4.78, 5) is 32.1. The molecule has 0 bridgehead atoms. The number of aliphatic imine (C=N–C) groups is 1. The van der Waals surface area contributed by atoms with E-state index in [2.05, 4.69) is 10.6 Å². The van der Waals surface area contributed by atoms with E-state index in [-0.39, 0.29) is 5.56 Å². The Bertz CT molecular complexity index is 1290. The number of nitrogens with zero attached hydrogens (tertiary/aromatic N) is 2. The highest BCUT2D eigenvalue weighted by Crippen LogP contribution is 2.26. The summed E-state index contributed by atoms with van der Waals surface area (Å²) < 4.78 is 40.0. The van der Waals surface area contributed by atoms with Gasteiger partial charge in [-0.3, -0.25) is 14.6 Å². The van der Waals surface area contributed by atoms with Crippen LogP contribution in [-0.2, 0) is 16.0 Å². The molecule has 6 nitrogen and oxygen atoms in total. The monoisotopic (exact) mass is 494 g/mol. The molecule has 3 aromatic carbocycles. The lowest BCUT2D eigenvalue weighted by Crippen LogP contribution is -2.50. The minimum absolute atomic E-state index is 0.0447. The molecule has 0 saturated heterocycles. The first kappa shape index (κ1) is 25.0. The maximum absolute atomic E-state index is 13.4. The minimum Gasteiger partial charge on any atom is -0.370 e. The highest BCUT2D eigenvalue weighted by molar-refractivity contribution is 6.16. The zero-order chi connectivity index (χ0) is 25.8. The number of fused-ring (bicyclic) bond motifs is 1. The van der Waals surface area contributed by atoms with Crippen LogP contribution in [0.4, 0.5) is 18.9 Å². The summed E-state index contributed by atoms with van der Waals surface area (Å²) in [6, 6.07) is 18.0. The summed E-state index contributed by atoms with van der Waals surface area (Å²) in [5, 5.41) is 5.37. The lowest BCUT2D eigenvalue weighted by Gasteiger charge is -2.24. The van der Waals surface area contributed by atoms with Gasteiger partial charge in [-0.25, -0.2) is 13.2 Å². The zero-order valence-corrected chi connectivity index (χ0v) is 19.8. The van der Waals surface area contributed by atoms with Gasteiger partial charge >= 0.3 is 0 Å². The van der Waals surface area contributed by atoms with Crippen LogP contribution in [-0.4, -0.2) is 43.3 Å². The van der Waals surface area contributed by atoms with Gasteiger partial charge in [0.2, 0.25) is 11.8 Å². The molecular weight excluding hydrogens is 469 g/mol. The highest BCUT2D eigenvalue weighted by atomic mass is 19.2. The van der Waals surface area contributed by atoms with Gasteiger partial charge < -0.3 is 15.5 Å². The molecule has 2 N–H and O–H groups in total. The van der Waals surface area contributed by atoms with Gasteiger partial charge in [-0.05, 0) is 30.7 Å². The zero-order valence-electron chi connectivity index (χ0n) is 19.8. The number of halogens is 3. The Kier molecular flexibility index (Phi) is 7.38. The topological polar surface area (TPSA) is 73.8 Å². The summed E-state index contributed by atoms with van der Waals surface area (Å²) in [6.45, 7) is 1.89. The Hall–Kier alpha value is -4.14. The third-order valence-electron chi connectivity index (χ3n) is 5.84. The van der Waals surface area contributed by atoms with Crippen LogP contribution < -0.4 is 15.5 Å². The number of rotatable bonds is 6. The van der Waals surface area contributed by atoms with Crippen LogP contribution in [0.3, 0.4) is 0 Å². The normalized spacial score (nSPS) is 15.9. The fraction of sp³-hybridized carbons (Fsp3) is 0.222. The molecule has 2 amide bonds. The van der Waals surface area contributed by atoms with E-state index in [1.54, 1.807) is 0 Å². The standard InChI is InChI=1S/C27H25F3N4O2/c1-16(31-24(35)14-17-12-20(28)25(30)21(29)13-17)27(36)33-23-15-34(2)22-11-7-6-10-19(22)26(32-23)18-8-4-3-5-9-18/h3-13,16,23H,14-15H2,1-2H3,(H,31,35)(H,33,36)/t16-,23+/m0/s1. The van der Waals surface area contributed by atoms with E-state index in [1.807, 2.05) is 66.5 Å². The molecule has 9 heteroatoms. The van der Waals surface area contributed by atoms with Crippen molar-refractivity contribution in [1.29, 1.82) is 0 Å². The first-order chi connectivity index (χ1) is 17.2. The molecule has 0 aliphatic carbocycles. The predicted molar refractivity (Wildman–Crippen MR) is 131 cm³/mol. The second-order valence-corrected chi connectivity index (χ2v) is 8.61. The molecule has 36 heavy (non-hydrogen) atoms. The number of benzodiazepines with no additional fused rings is 1. The van der Waals surface area contributed by atoms with Gasteiger partial charge in [-0.1, -0.05) is 48.5 Å². The van der Waals surface area contributed by atoms with Crippen molar-refractivity contribution in [3.63, 3.8) is 0 Å². The molecule has 0 radical (unpaired) electrons. The third-order valence-corrected chi connectivity index (χ3v) is 5.84. The number of carbonyl (C=O) groups is 2. The molecule has 0 fully saturated rings. The summed E-state index contributed by atoms with van der Waals surface area (Å²) in [7, 11) is 1.91. The number of amides is 2. The number of benzene rings is 3. The lowest BCUT2D eigenvalue weighted by atomic mass is 10.0. The molecule has 1 aliphatic heterocycles. The average molecular weight is 495 g/mol. The van der Waals surface area contributed by atoms with Crippen molar-refractivity contribution in [3.05, 3.63) is 101 Å². The van der Waals surface area contributed by atoms with Gasteiger partial charge in [0.15, 0.2) is 17.5 Å². The van der Waals surface area contributed by atoms with E-state index in [1.165, 1.54) is 6.92 Å². The van der Waals surface area contributed by atoms with E-state index in [0.29, 0.717) is 6.54 Å². The quantitative estimate of drug-likeness (QED) is 0.515. The summed E-state index contributed by atoms with van der Waals surface area (Å²) >= 11 is 0. The molecule has 1 aliphatic rings. The molecule has 186 valence electrons. The maximum Gasteiger partial charge on any atom is 0.243 e. The fourth-order valence-corrected chi connectivity index (χ4v) is 4.08. The van der Waals surface area contributed by atoms with E-state index in [0.717, 1.165) is 34.7 Å². The number of para-hydroxylation sites is 1. The minimum atomic E-state index is -1.60. The Morgan fingerprint density at radius 3 is 2.36 bits per heavy atom. The van der Waals surface area contributed by atoms with Crippen LogP contribution in [0, 0.1) is 17.5 Å². The molecule has 0 aromatic heterocycles. The molecule has 0 unspecified atom stereocenters. The molecule has 4 rings (SSSR count). The number of hydrogen-bond acceptors (Lipinski definition) is 4. The van der Waals surface area contributed by atoms with Crippen molar-refractivity contribution in [2.75, 3.05) is 18.5 Å². The van der Waals surface area contributed by atoms with Gasteiger partial charge in [-0.15, -0.1) is 0 Å². The largest absolute Gasteiger partial charge is 0.370 e. The smallest absolute Gasteiger partial charge is 0.243 e. The highest BCUT2D eigenvalue weighted by Gasteiger charge is 2.25. The van der Waals surface area contributed by atoms with Crippen LogP contribution in [0.2, 0.25) is 0 Å². The molecule has 3 aromatic rings. The van der Waals surface area contributed by atoms with Gasteiger partial charge in [0.1, 0.15) is 12.2 Å². The Balaban J connectivity index is 1.48. The van der Waals surface area contributed by atoms with Crippen LogP contribution in [0.25, 0.3) is 0 Å². The number of anilines is 1. The third kappa shape index (κ3) is 5.56. The van der Waals surface area contributed by atoms with E-state index in [4.69, 9.17) is 4.99 Å². The number of hydrogen-bond donors (Lipinski definition) is 2. The Morgan fingerprint density at radius 1 is 1.03 bits per heavy atom. The maximum atomic E-state index is 13.4. The molecular formula is C27H25F3N4O2. The van der Waals surface area contributed by atoms with E-state index in [9.17, 15) is 22.8 Å². The summed E-state index contributed by atoms with van der Waals surface area (Å²) in [5.74, 6) is -5.47. The molecule has 2 atom stereocenters. The van der Waals surface area contributed by atoms with Crippen molar-refractivity contribution >= 4 is 23.2 Å². The second-order valence-electron chi connectivity index (χ2n) is 8.61. The van der Waals surface area contributed by atoms with Gasteiger partial charge in [0.05, 0.1) is 18.7 Å². The molecule has 1 heterocycles. The average Bonchev–Trinajstić information content (AvgIpc) is 2.99. The first-order valence-corrected chi connectivity index (χ1v) is 11.4. The first-order valence-electron chi connectivity index (χ1n) is 11.4. The van der Waals surface area contributed by atoms with Gasteiger partial charge in [0, 0.05) is 23.9 Å². The summed E-state index contributed by atoms with van der Waals surface area (Å²) in [6.07, 6.45) is -1.02. The number of likely N-dealkylation sites (N-methyl/N-ethyl adjacent to an activating group) is 1. The summed E-state index contributed by atoms with van der Waals surface area (Å²) in [5.41, 5.74) is 3.49. The van der Waals surface area contributed by atoms with E-state index < -0.39 is 47.9 Å². The van der Waals surface area contributed by atoms with Gasteiger partial charge in [0.25, 0.3) is 0 Å². The second kappa shape index (κ2) is 10.6. The predicted octanol–water partition coefficient (Wildman–Crippen LogP) is 3.58. The Labute approximate surface area is 206 Å². The van der Waals surface area contributed by atoms with Crippen LogP contribution in [0.1, 0.15) is 23.6 Å². The van der Waals surface area contributed by atoms with Crippen molar-refractivity contribution in [2.24, 2.45) is 4.99 Å². The van der Waals surface area contributed by atoms with Crippen molar-refractivity contribution in [3.8, 4) is 0 Å². The van der Waals surface area contributed by atoms with Crippen molar-refractivity contribution in [1.82, 2.24) is 10.6 Å². The fourth-order valence-electron chi connectivity index (χ4n) is 4.08. The van der Waals surface area contributed by atoms with E-state index >= 15 is 0 Å². The number of nitrogens with one attached hydrogen (secondary N) is 2.